The molecule has 4 aliphatic heterocycles. The summed E-state index contributed by atoms with van der Waals surface area (Å²) in [6.07, 6.45) is -30.6. The minimum Gasteiger partial charge on any atom is -0.754 e. The maximum Gasteiger partial charge on any atom is 1.00 e. The molecule has 16 N–H and O–H groups in total. The number of carboxylic acid groups (broad SMARTS) is 1. The van der Waals surface area contributed by atoms with Crippen molar-refractivity contribution in [2.75, 3.05) is 55.5 Å². The third kappa shape index (κ3) is 25.4. The van der Waals surface area contributed by atoms with E-state index in [0.29, 0.717) is 44.6 Å². The third-order valence-corrected chi connectivity index (χ3v) is 20.3. The van der Waals surface area contributed by atoms with Gasteiger partial charge in [0.2, 0.25) is 5.79 Å². The van der Waals surface area contributed by atoms with Crippen molar-refractivity contribution in [1.29, 1.82) is 0 Å². The van der Waals surface area contributed by atoms with Crippen LogP contribution < -0.4 is 132 Å². The predicted molar refractivity (Wildman–Crippen MR) is 367 cm³/mol. The Hall–Kier alpha value is -4.76. The number of amides is 2. The molecule has 2 amide bonds. The Balaban J connectivity index is 0.00000324. The summed E-state index contributed by atoms with van der Waals surface area (Å²) >= 11 is 0. The summed E-state index contributed by atoms with van der Waals surface area (Å²) in [7, 11) is -13.5. The van der Waals surface area contributed by atoms with Crippen molar-refractivity contribution in [2.45, 2.75) is 204 Å². The molecule has 0 aliphatic carbocycles. The van der Waals surface area contributed by atoms with E-state index in [4.69, 9.17) is 50.5 Å². The van der Waals surface area contributed by atoms with Gasteiger partial charge in [0, 0.05) is 65.9 Å². The van der Waals surface area contributed by atoms with Gasteiger partial charge in [0.1, 0.15) is 118 Å². The second-order valence-electron chi connectivity index (χ2n) is 26.5. The Morgan fingerprint density at radius 2 is 1.38 bits per heavy atom. The first kappa shape index (κ1) is 99.8. The number of aryl methyl sites for hydroxylation is 1. The molecule has 4 aromatic carbocycles. The standard InChI is InChI=1S/C66H85N6O33S2.3Na.O3S/c1-29-20-37(71-65(91)68-29)60(88)72-47-57(103-62-53(85)48(80)40(79)28-99-62)56(102-63-54(86)58(50(82)41(26-74)100-63)105-66(64(89)90)24-38(77)30(2)55(104-66)49(81)39(78)25-73)42(27-75)101-61(47)98-19-8-6-4-3-5-7-15-34(76)16-11-18-67-45-46(52(84)51(45)83)69-33-14-9-13-32(21-33)59(87)70-36-23-35(106(92,93)94)22-31-12-10-17-43(44(31)36)107(95,96)97;;;;1-4(2)3/h9,12-14,17,20-23,30,38-42,47-50,53-58,61-63,67,69,73-75,77-82,85-86H,3-8,11,15-16,18-19,24-28H2,1-2H3,(H,70,87)(H,72,88)(H,89,90)(H,68,71,91)(H,92,93,94)(H,95,96,97);;;;/q-1;3*+1;/p-3/t30?,38?,39-,40?,41?,42?,47?,48?,49-,50?,53?,54?,55?,56?,57?,58?,61?,62?,63?,66?;;;;/m1..../s1. The SMILES string of the molecule is Cc1cc(C(=O)NC2C(OCCCCCCCCC(=O)CCCNc3c(Nc4cccc(C(=O)Nc5cc(S(=O)(=O)[O-])cc6c[c-]cc(S(=O)(=O)[O-])c56)c4)c(=O)c3=O)OC(CO)C(OC3OC(CO)C(O)C(OC4(C(=O)[O-])CC(O)C(C)C([C@H](O)[C@H](O)CO)O4)C3O)C2OC2OCC(O)C(O)C2O)nc(=O)[nH]1.O=S(=O)=O.[Na+].[Na+].[Na+]. The van der Waals surface area contributed by atoms with Crippen LogP contribution in [-0.2, 0) is 78.3 Å². The molecule has 48 heteroatoms. The molecule has 42 nitrogen and oxygen atoms in total. The molecule has 0 radical (unpaired) electrons. The van der Waals surface area contributed by atoms with Crippen LogP contribution in [0.15, 0.2) is 78.8 Å². The zero-order valence-corrected chi connectivity index (χ0v) is 70.2. The van der Waals surface area contributed by atoms with Gasteiger partial charge >= 0.3 is 105 Å². The van der Waals surface area contributed by atoms with Crippen LogP contribution in [-0.4, -0.2) is 284 Å². The van der Waals surface area contributed by atoms with Crippen LogP contribution in [0.2, 0.25) is 0 Å². The molecule has 4 saturated heterocycles. The van der Waals surface area contributed by atoms with Crippen molar-refractivity contribution >= 4 is 87.9 Å². The van der Waals surface area contributed by atoms with Gasteiger partial charge < -0.3 is 139 Å². The number of aliphatic hydroxyl groups is 11. The quantitative estimate of drug-likeness (QED) is 0.00589. The Kier molecular flexibility index (Phi) is 39.0. The molecule has 4 fully saturated rings. The van der Waals surface area contributed by atoms with Crippen LogP contribution in [0.3, 0.4) is 0 Å². The molecule has 0 bridgehead atoms. The van der Waals surface area contributed by atoms with Crippen LogP contribution in [0.5, 0.6) is 0 Å². The number of ether oxygens (including phenoxy) is 8. The van der Waals surface area contributed by atoms with E-state index >= 15 is 0 Å². The topological polar surface area (TPSA) is 681 Å². The van der Waals surface area contributed by atoms with Crippen LogP contribution >= 0.6 is 0 Å². The minimum absolute atomic E-state index is 0. The molecule has 18 unspecified atom stereocenters. The van der Waals surface area contributed by atoms with E-state index < -0.39 is 247 Å². The number of fused-ring (bicyclic) bond motifs is 1. The number of ketones is 1. The van der Waals surface area contributed by atoms with Gasteiger partial charge in [-0.25, -0.2) is 13.2 Å². The van der Waals surface area contributed by atoms with Crippen LogP contribution in [0.1, 0.15) is 97.7 Å². The number of rotatable bonds is 35. The number of Topliss-reactive ketones (excluding diaryl/α,β-unsaturated/α-hetero) is 1. The van der Waals surface area contributed by atoms with Crippen molar-refractivity contribution in [3.8, 4) is 0 Å². The van der Waals surface area contributed by atoms with E-state index in [0.717, 1.165) is 18.2 Å². The summed E-state index contributed by atoms with van der Waals surface area (Å²) in [5, 5.41) is 142. The Morgan fingerprint density at radius 3 is 2.01 bits per heavy atom. The van der Waals surface area contributed by atoms with Gasteiger partial charge in [-0.15, -0.1) is 18.0 Å². The fraction of sp³-hybridized carbons (Fsp3) is 0.576. The van der Waals surface area contributed by atoms with E-state index in [-0.39, 0.29) is 161 Å². The smallest absolute Gasteiger partial charge is 0.754 e. The van der Waals surface area contributed by atoms with Crippen molar-refractivity contribution in [3.05, 3.63) is 109 Å². The Bertz CT molecular complexity index is 4600. The second kappa shape index (κ2) is 44.5. The number of anilines is 4. The van der Waals surface area contributed by atoms with Gasteiger partial charge in [0.25, 0.3) is 22.7 Å². The van der Waals surface area contributed by atoms with E-state index in [1.165, 1.54) is 44.2 Å². The fourth-order valence-corrected chi connectivity index (χ4v) is 14.0. The van der Waals surface area contributed by atoms with Crippen molar-refractivity contribution in [1.82, 2.24) is 15.3 Å². The zero-order chi connectivity index (χ0) is 81.7. The van der Waals surface area contributed by atoms with Gasteiger partial charge in [-0.1, -0.05) is 50.1 Å². The largest absolute Gasteiger partial charge is 1.00 e. The number of aromatic nitrogens is 2. The number of aromatic amines is 1. The number of hydrogen-bond donors (Lipinski definition) is 16. The predicted octanol–water partition coefficient (Wildman–Crippen LogP) is -15.6. The number of H-pyrrole nitrogens is 1. The van der Waals surface area contributed by atoms with Gasteiger partial charge in [0.15, 0.2) is 18.9 Å². The molecular weight excluding hydrogens is 1620 g/mol. The summed E-state index contributed by atoms with van der Waals surface area (Å²) < 4.78 is 145. The molecule has 5 aromatic rings. The van der Waals surface area contributed by atoms with E-state index in [2.05, 4.69) is 37.3 Å². The molecule has 4 aliphatic rings. The number of aliphatic carboxylic acids is 1. The summed E-state index contributed by atoms with van der Waals surface area (Å²) in [5.41, 5.74) is -3.80. The second-order valence-corrected chi connectivity index (χ2v) is 29.6. The minimum atomic E-state index is -5.22. The first-order valence-electron chi connectivity index (χ1n) is 34.3. The Labute approximate surface area is 716 Å². The maximum atomic E-state index is 14.2. The number of carboxylic acids is 1. The summed E-state index contributed by atoms with van der Waals surface area (Å²) in [6, 6.07) is 10.6. The number of nitrogens with zero attached hydrogens (tertiary/aromatic N) is 1. The van der Waals surface area contributed by atoms with Crippen LogP contribution in [0, 0.1) is 18.9 Å². The number of benzene rings is 3. The van der Waals surface area contributed by atoms with Gasteiger partial charge in [-0.2, -0.15) is 23.2 Å². The number of carbonyl (C=O) groups is 4. The summed E-state index contributed by atoms with van der Waals surface area (Å²) in [5.74, 6) is -8.72. The fourth-order valence-electron chi connectivity index (χ4n) is 12.8. The monoisotopic (exact) mass is 1700 g/mol. The molecule has 1 aromatic heterocycles. The molecule has 9 rings (SSSR count). The average Bonchev–Trinajstić information content (AvgIpc) is 0.763. The molecule has 114 heavy (non-hydrogen) atoms. The van der Waals surface area contributed by atoms with Gasteiger partial charge in [-0.3, -0.25) is 32.4 Å². The maximum absolute atomic E-state index is 14.2. The third-order valence-electron chi connectivity index (χ3n) is 18.6. The number of carbonyl (C=O) groups excluding carboxylic acids is 4. The molecule has 5 heterocycles. The van der Waals surface area contributed by atoms with Gasteiger partial charge in [-0.05, 0) is 61.4 Å². The van der Waals surface area contributed by atoms with E-state index in [1.807, 2.05) is 0 Å². The molecule has 0 saturated carbocycles. The van der Waals surface area contributed by atoms with Crippen LogP contribution in [0.4, 0.5) is 22.7 Å². The zero-order valence-electron chi connectivity index (χ0n) is 61.8. The Morgan fingerprint density at radius 1 is 0.746 bits per heavy atom. The number of aliphatic hydroxyl groups excluding tert-OH is 11. The molecule has 20 atom stereocenters. The first-order valence-corrected chi connectivity index (χ1v) is 38.2. The average molecular weight is 1700 g/mol. The van der Waals surface area contributed by atoms with Crippen molar-refractivity contribution in [2.24, 2.45) is 5.92 Å². The van der Waals surface area contributed by atoms with Gasteiger partial charge in [0.05, 0.1) is 48.8 Å². The summed E-state index contributed by atoms with van der Waals surface area (Å²) in [6.45, 7) is -1.16. The van der Waals surface area contributed by atoms with E-state index in [9.17, 15) is 121 Å². The van der Waals surface area contributed by atoms with Crippen molar-refractivity contribution < 1.29 is 246 Å². The summed E-state index contributed by atoms with van der Waals surface area (Å²) in [4.78, 5) is 96.1. The number of unbranched alkanes of at least 4 members (excludes halogenated alkanes) is 5. The van der Waals surface area contributed by atoms with Crippen LogP contribution in [0.25, 0.3) is 10.8 Å². The normalized spacial score (nSPS) is 27.5. The molecule has 614 valence electrons. The molecule has 0 spiro atoms. The van der Waals surface area contributed by atoms with E-state index in [1.54, 1.807) is 0 Å². The van der Waals surface area contributed by atoms with Crippen molar-refractivity contribution in [3.63, 3.8) is 0 Å². The number of nitrogens with one attached hydrogen (secondary N) is 5. The molecular formula is C66H82N6Na3O36S3-. The first-order chi connectivity index (χ1) is 52.3. The number of hydrogen-bond acceptors (Lipinski definition) is 39.